The number of carbonyl (C=O) groups excluding carboxylic acids is 1. The molecule has 0 aliphatic rings. The second-order valence-corrected chi connectivity index (χ2v) is 4.61. The van der Waals surface area contributed by atoms with Crippen LogP contribution in [-0.4, -0.2) is 16.0 Å². The van der Waals surface area contributed by atoms with Crippen LogP contribution in [0.3, 0.4) is 0 Å². The molecule has 0 unspecified atom stereocenters. The molecule has 1 aromatic carbocycles. The predicted octanol–water partition coefficient (Wildman–Crippen LogP) is 3.31. The lowest BCUT2D eigenvalue weighted by Gasteiger charge is -2.08. The van der Waals surface area contributed by atoms with E-state index >= 15 is 0 Å². The minimum atomic E-state index is -0.272. The number of anilines is 1. The van der Waals surface area contributed by atoms with Crippen molar-refractivity contribution in [1.29, 1.82) is 0 Å². The lowest BCUT2D eigenvalue weighted by atomic mass is 10.1. The molecule has 0 spiro atoms. The molecule has 0 aliphatic carbocycles. The minimum absolute atomic E-state index is 0.0711. The summed E-state index contributed by atoms with van der Waals surface area (Å²) in [4.78, 5) is 16.3. The molecule has 0 bridgehead atoms. The quantitative estimate of drug-likeness (QED) is 0.884. The summed E-state index contributed by atoms with van der Waals surface area (Å²) in [7, 11) is 0. The topological polar surface area (TPSA) is 62.2 Å². The van der Waals surface area contributed by atoms with Crippen molar-refractivity contribution in [3.8, 4) is 5.75 Å². The standard InChI is InChI=1S/C14H13ClN2O2/c1-8-3-5-11(9(2)16-8)14(19)17-10-4-6-12(15)13(18)7-10/h3-7,18H,1-2H3,(H,17,19). The summed E-state index contributed by atoms with van der Waals surface area (Å²) in [5.74, 6) is -0.343. The van der Waals surface area contributed by atoms with Gasteiger partial charge >= 0.3 is 0 Å². The number of aryl methyl sites for hydroxylation is 2. The number of nitrogens with one attached hydrogen (secondary N) is 1. The summed E-state index contributed by atoms with van der Waals surface area (Å²) >= 11 is 5.70. The van der Waals surface area contributed by atoms with Crippen LogP contribution in [0, 0.1) is 13.8 Å². The summed E-state index contributed by atoms with van der Waals surface area (Å²) < 4.78 is 0. The number of pyridine rings is 1. The second kappa shape index (κ2) is 5.28. The molecule has 4 nitrogen and oxygen atoms in total. The number of aromatic nitrogens is 1. The average Bonchev–Trinajstić information content (AvgIpc) is 2.33. The van der Waals surface area contributed by atoms with Crippen LogP contribution in [0.15, 0.2) is 30.3 Å². The highest BCUT2D eigenvalue weighted by Gasteiger charge is 2.11. The number of benzene rings is 1. The SMILES string of the molecule is Cc1ccc(C(=O)Nc2ccc(Cl)c(O)c2)c(C)n1. The zero-order valence-electron chi connectivity index (χ0n) is 10.6. The first-order chi connectivity index (χ1) is 8.97. The zero-order chi connectivity index (χ0) is 14.0. The van der Waals surface area contributed by atoms with Gasteiger partial charge in [-0.05, 0) is 38.1 Å². The Kier molecular flexibility index (Phi) is 3.71. The number of nitrogens with zero attached hydrogens (tertiary/aromatic N) is 1. The van der Waals surface area contributed by atoms with Crippen LogP contribution >= 0.6 is 11.6 Å². The van der Waals surface area contributed by atoms with E-state index < -0.39 is 0 Å². The molecule has 0 fully saturated rings. The van der Waals surface area contributed by atoms with Gasteiger partial charge in [-0.1, -0.05) is 11.6 Å². The zero-order valence-corrected chi connectivity index (χ0v) is 11.3. The molecule has 2 N–H and O–H groups in total. The molecule has 1 aromatic heterocycles. The van der Waals surface area contributed by atoms with Gasteiger partial charge in [0.25, 0.3) is 5.91 Å². The highest BCUT2D eigenvalue weighted by Crippen LogP contribution is 2.26. The van der Waals surface area contributed by atoms with Crippen molar-refractivity contribution in [1.82, 2.24) is 4.98 Å². The van der Waals surface area contributed by atoms with E-state index in [1.807, 2.05) is 6.92 Å². The molecule has 1 amide bonds. The van der Waals surface area contributed by atoms with Crippen LogP contribution in [0.25, 0.3) is 0 Å². The van der Waals surface area contributed by atoms with Crippen molar-refractivity contribution in [2.24, 2.45) is 0 Å². The lowest BCUT2D eigenvalue weighted by molar-refractivity contribution is 0.102. The molecule has 0 saturated heterocycles. The average molecular weight is 277 g/mol. The number of rotatable bonds is 2. The number of aromatic hydroxyl groups is 1. The largest absolute Gasteiger partial charge is 0.506 e. The monoisotopic (exact) mass is 276 g/mol. The summed E-state index contributed by atoms with van der Waals surface area (Å²) in [6, 6.07) is 8.05. The number of amides is 1. The highest BCUT2D eigenvalue weighted by molar-refractivity contribution is 6.32. The smallest absolute Gasteiger partial charge is 0.257 e. The van der Waals surface area contributed by atoms with Gasteiger partial charge in [-0.3, -0.25) is 9.78 Å². The first kappa shape index (κ1) is 13.4. The second-order valence-electron chi connectivity index (χ2n) is 4.21. The molecule has 0 aliphatic heterocycles. The van der Waals surface area contributed by atoms with Gasteiger partial charge in [0.2, 0.25) is 0 Å². The molecular weight excluding hydrogens is 264 g/mol. The normalized spacial score (nSPS) is 10.3. The van der Waals surface area contributed by atoms with Gasteiger partial charge in [0.05, 0.1) is 16.3 Å². The van der Waals surface area contributed by atoms with E-state index in [4.69, 9.17) is 11.6 Å². The fourth-order valence-corrected chi connectivity index (χ4v) is 1.83. The van der Waals surface area contributed by atoms with Gasteiger partial charge in [-0.15, -0.1) is 0 Å². The fourth-order valence-electron chi connectivity index (χ4n) is 1.72. The van der Waals surface area contributed by atoms with E-state index in [2.05, 4.69) is 10.3 Å². The first-order valence-electron chi connectivity index (χ1n) is 5.71. The highest BCUT2D eigenvalue weighted by atomic mass is 35.5. The van der Waals surface area contributed by atoms with E-state index in [1.165, 1.54) is 12.1 Å². The van der Waals surface area contributed by atoms with Crippen molar-refractivity contribution in [2.75, 3.05) is 5.32 Å². The Hall–Kier alpha value is -2.07. The van der Waals surface area contributed by atoms with E-state index in [9.17, 15) is 9.90 Å². The Bertz CT molecular complexity index is 641. The molecule has 5 heteroatoms. The predicted molar refractivity (Wildman–Crippen MR) is 74.8 cm³/mol. The minimum Gasteiger partial charge on any atom is -0.506 e. The van der Waals surface area contributed by atoms with Crippen LogP contribution in [0.4, 0.5) is 5.69 Å². The van der Waals surface area contributed by atoms with Gasteiger partial charge in [0.1, 0.15) is 5.75 Å². The van der Waals surface area contributed by atoms with Gasteiger partial charge in [0.15, 0.2) is 0 Å². The molecule has 1 heterocycles. The summed E-state index contributed by atoms with van der Waals surface area (Å²) in [6.45, 7) is 3.65. The van der Waals surface area contributed by atoms with E-state index in [0.717, 1.165) is 5.69 Å². The van der Waals surface area contributed by atoms with Crippen molar-refractivity contribution < 1.29 is 9.90 Å². The summed E-state index contributed by atoms with van der Waals surface area (Å²) in [5.41, 5.74) is 2.50. The number of phenolic OH excluding ortho intramolecular Hbond substituents is 1. The summed E-state index contributed by atoms with van der Waals surface area (Å²) in [5, 5.41) is 12.4. The third-order valence-corrected chi connectivity index (χ3v) is 2.99. The maximum atomic E-state index is 12.1. The maximum Gasteiger partial charge on any atom is 0.257 e. The van der Waals surface area contributed by atoms with Crippen LogP contribution < -0.4 is 5.32 Å². The van der Waals surface area contributed by atoms with Crippen molar-refractivity contribution in [2.45, 2.75) is 13.8 Å². The summed E-state index contributed by atoms with van der Waals surface area (Å²) in [6.07, 6.45) is 0. The van der Waals surface area contributed by atoms with Gasteiger partial charge in [-0.2, -0.15) is 0 Å². The van der Waals surface area contributed by atoms with Gasteiger partial charge in [-0.25, -0.2) is 0 Å². The Morgan fingerprint density at radius 2 is 2.00 bits per heavy atom. The van der Waals surface area contributed by atoms with Gasteiger partial charge < -0.3 is 10.4 Å². The number of halogens is 1. The molecular formula is C14H13ClN2O2. The Morgan fingerprint density at radius 3 is 2.63 bits per heavy atom. The lowest BCUT2D eigenvalue weighted by Crippen LogP contribution is -2.14. The van der Waals surface area contributed by atoms with Gasteiger partial charge in [0, 0.05) is 17.4 Å². The first-order valence-corrected chi connectivity index (χ1v) is 6.09. The van der Waals surface area contributed by atoms with E-state index in [0.29, 0.717) is 16.9 Å². The Labute approximate surface area is 116 Å². The van der Waals surface area contributed by atoms with E-state index in [1.54, 1.807) is 25.1 Å². The molecule has 0 radical (unpaired) electrons. The number of hydrogen-bond donors (Lipinski definition) is 2. The Balaban J connectivity index is 2.23. The molecule has 0 saturated carbocycles. The number of hydrogen-bond acceptors (Lipinski definition) is 3. The van der Waals surface area contributed by atoms with Crippen LogP contribution in [0.5, 0.6) is 5.75 Å². The van der Waals surface area contributed by atoms with Crippen molar-refractivity contribution >= 4 is 23.2 Å². The van der Waals surface area contributed by atoms with Crippen molar-refractivity contribution in [3.05, 3.63) is 52.3 Å². The van der Waals surface area contributed by atoms with Crippen molar-refractivity contribution in [3.63, 3.8) is 0 Å². The molecule has 2 rings (SSSR count). The maximum absolute atomic E-state index is 12.1. The molecule has 2 aromatic rings. The van der Waals surface area contributed by atoms with Crippen LogP contribution in [-0.2, 0) is 0 Å². The third kappa shape index (κ3) is 3.03. The van der Waals surface area contributed by atoms with Crippen LogP contribution in [0.1, 0.15) is 21.7 Å². The molecule has 19 heavy (non-hydrogen) atoms. The fraction of sp³-hybridized carbons (Fsp3) is 0.143. The molecule has 0 atom stereocenters. The number of phenols is 1. The number of carbonyl (C=O) groups is 1. The third-order valence-electron chi connectivity index (χ3n) is 2.67. The van der Waals surface area contributed by atoms with E-state index in [-0.39, 0.29) is 16.7 Å². The van der Waals surface area contributed by atoms with Crippen LogP contribution in [0.2, 0.25) is 5.02 Å². The Morgan fingerprint density at radius 1 is 1.26 bits per heavy atom. The molecule has 98 valence electrons.